The minimum atomic E-state index is -0.0871. The lowest BCUT2D eigenvalue weighted by Gasteiger charge is -2.32. The molecule has 25 heavy (non-hydrogen) atoms. The average molecular weight is 388 g/mol. The molecule has 2 N–H and O–H groups in total. The fourth-order valence-corrected chi connectivity index (χ4v) is 3.89. The van der Waals surface area contributed by atoms with Gasteiger partial charge in [0.1, 0.15) is 0 Å². The first-order chi connectivity index (χ1) is 12.0. The van der Waals surface area contributed by atoms with Crippen molar-refractivity contribution >= 4 is 34.9 Å². The number of carbonyl (C=O) groups is 2. The fourth-order valence-electron chi connectivity index (χ4n) is 2.83. The van der Waals surface area contributed by atoms with Gasteiger partial charge >= 0.3 is 6.03 Å². The number of rotatable bonds is 7. The molecule has 0 aromatic carbocycles. The molecule has 1 fully saturated rings. The second-order valence-electron chi connectivity index (χ2n) is 6.21. The Labute approximate surface area is 157 Å². The maximum Gasteiger partial charge on any atom is 0.317 e. The highest BCUT2D eigenvalue weighted by atomic mass is 35.5. The third kappa shape index (κ3) is 6.17. The van der Waals surface area contributed by atoms with Crippen LogP contribution >= 0.6 is 22.9 Å². The first-order valence-electron chi connectivity index (χ1n) is 8.58. The maximum absolute atomic E-state index is 12.4. The molecule has 1 unspecified atom stereocenters. The molecule has 0 radical (unpaired) electrons. The number of carbonyl (C=O) groups excluding carboxylic acids is 2. The minimum Gasteiger partial charge on any atom is -0.385 e. The van der Waals surface area contributed by atoms with E-state index in [0.29, 0.717) is 43.4 Å². The Morgan fingerprint density at radius 1 is 1.40 bits per heavy atom. The molecule has 2 heterocycles. The predicted molar refractivity (Wildman–Crippen MR) is 100 cm³/mol. The molecule has 1 aliphatic rings. The third-order valence-corrected chi connectivity index (χ3v) is 5.75. The highest BCUT2D eigenvalue weighted by Gasteiger charge is 2.27. The lowest BCUT2D eigenvalue weighted by molar-refractivity contribution is -0.126. The Hall–Kier alpha value is -1.31. The number of amides is 3. The number of halogens is 1. The summed E-state index contributed by atoms with van der Waals surface area (Å²) >= 11 is 7.41. The smallest absolute Gasteiger partial charge is 0.317 e. The number of methoxy groups -OCH3 is 1. The van der Waals surface area contributed by atoms with Gasteiger partial charge in [0, 0.05) is 44.1 Å². The van der Waals surface area contributed by atoms with Gasteiger partial charge in [-0.15, -0.1) is 11.3 Å². The molecule has 1 atom stereocenters. The van der Waals surface area contributed by atoms with Crippen LogP contribution in [-0.4, -0.2) is 50.2 Å². The molecule has 140 valence electrons. The Morgan fingerprint density at radius 3 is 2.72 bits per heavy atom. The minimum absolute atomic E-state index is 0.0138. The van der Waals surface area contributed by atoms with Crippen LogP contribution in [0.25, 0.3) is 0 Å². The molecular weight excluding hydrogens is 362 g/mol. The number of urea groups is 1. The zero-order valence-corrected chi connectivity index (χ0v) is 16.3. The first-order valence-corrected chi connectivity index (χ1v) is 9.78. The van der Waals surface area contributed by atoms with Crippen LogP contribution in [0.4, 0.5) is 4.79 Å². The number of ether oxygens (including phenoxy) is 1. The number of hydrogen-bond donors (Lipinski definition) is 2. The summed E-state index contributed by atoms with van der Waals surface area (Å²) in [5.74, 6) is 0.0675. The summed E-state index contributed by atoms with van der Waals surface area (Å²) in [6, 6.07) is 3.60. The van der Waals surface area contributed by atoms with Crippen LogP contribution in [0, 0.1) is 5.92 Å². The summed E-state index contributed by atoms with van der Waals surface area (Å²) in [7, 11) is 1.65. The summed E-state index contributed by atoms with van der Waals surface area (Å²) < 4.78 is 5.68. The molecule has 6 nitrogen and oxygen atoms in total. The van der Waals surface area contributed by atoms with Gasteiger partial charge in [0.05, 0.1) is 10.4 Å². The van der Waals surface area contributed by atoms with Gasteiger partial charge in [-0.3, -0.25) is 4.79 Å². The van der Waals surface area contributed by atoms with Crippen LogP contribution < -0.4 is 10.6 Å². The van der Waals surface area contributed by atoms with Crippen molar-refractivity contribution in [2.24, 2.45) is 5.92 Å². The molecule has 1 aromatic heterocycles. The number of hydrogen-bond acceptors (Lipinski definition) is 4. The molecule has 0 spiro atoms. The number of piperidine rings is 1. The highest BCUT2D eigenvalue weighted by Crippen LogP contribution is 2.27. The van der Waals surface area contributed by atoms with Crippen LogP contribution in [-0.2, 0) is 9.53 Å². The van der Waals surface area contributed by atoms with Crippen LogP contribution in [0.1, 0.15) is 37.1 Å². The van der Waals surface area contributed by atoms with E-state index < -0.39 is 0 Å². The van der Waals surface area contributed by atoms with Gasteiger partial charge in [0.15, 0.2) is 0 Å². The third-order valence-electron chi connectivity index (χ3n) is 4.34. The van der Waals surface area contributed by atoms with Crippen molar-refractivity contribution < 1.29 is 14.3 Å². The summed E-state index contributed by atoms with van der Waals surface area (Å²) in [4.78, 5) is 27.3. The standard InChI is InChI=1S/C17H26ClN3O3S/c1-12(14-4-5-15(18)25-14)20-17(23)21-9-6-13(7-10-21)16(22)19-8-3-11-24-2/h4-5,12-13H,3,6-11H2,1-2H3,(H,19,22)(H,20,23). The van der Waals surface area contributed by atoms with Gasteiger partial charge in [0.2, 0.25) is 5.91 Å². The van der Waals surface area contributed by atoms with E-state index in [4.69, 9.17) is 16.3 Å². The lowest BCUT2D eigenvalue weighted by atomic mass is 9.96. The van der Waals surface area contributed by atoms with Crippen molar-refractivity contribution in [3.8, 4) is 0 Å². The molecule has 1 aromatic rings. The van der Waals surface area contributed by atoms with Crippen LogP contribution in [0.2, 0.25) is 4.34 Å². The van der Waals surface area contributed by atoms with Crippen molar-refractivity contribution in [3.63, 3.8) is 0 Å². The number of likely N-dealkylation sites (tertiary alicyclic amines) is 1. The molecule has 3 amide bonds. The number of nitrogens with zero attached hydrogens (tertiary/aromatic N) is 1. The van der Waals surface area contributed by atoms with E-state index >= 15 is 0 Å². The van der Waals surface area contributed by atoms with E-state index in [1.807, 2.05) is 19.1 Å². The zero-order valence-electron chi connectivity index (χ0n) is 14.7. The highest BCUT2D eigenvalue weighted by molar-refractivity contribution is 7.16. The monoisotopic (exact) mass is 387 g/mol. The Balaban J connectivity index is 1.71. The second-order valence-corrected chi connectivity index (χ2v) is 7.96. The molecule has 0 bridgehead atoms. The van der Waals surface area contributed by atoms with Crippen molar-refractivity contribution in [3.05, 3.63) is 21.3 Å². The number of nitrogens with one attached hydrogen (secondary N) is 2. The Kier molecular flexibility index (Phi) is 7.99. The summed E-state index contributed by atoms with van der Waals surface area (Å²) in [6.07, 6.45) is 2.21. The van der Waals surface area contributed by atoms with E-state index in [2.05, 4.69) is 10.6 Å². The van der Waals surface area contributed by atoms with Gasteiger partial charge in [-0.25, -0.2) is 4.79 Å². The van der Waals surface area contributed by atoms with Crippen molar-refractivity contribution in [1.29, 1.82) is 0 Å². The molecule has 8 heteroatoms. The largest absolute Gasteiger partial charge is 0.385 e. The summed E-state index contributed by atoms with van der Waals surface area (Å²) in [5, 5.41) is 5.93. The molecule has 1 aliphatic heterocycles. The van der Waals surface area contributed by atoms with E-state index in [-0.39, 0.29) is 23.9 Å². The number of thiophene rings is 1. The topological polar surface area (TPSA) is 70.7 Å². The lowest BCUT2D eigenvalue weighted by Crippen LogP contribution is -2.47. The van der Waals surface area contributed by atoms with Crippen molar-refractivity contribution in [1.82, 2.24) is 15.5 Å². The average Bonchev–Trinajstić information content (AvgIpc) is 3.05. The molecule has 2 rings (SSSR count). The molecule has 0 aliphatic carbocycles. The second kappa shape index (κ2) is 9.99. The fraction of sp³-hybridized carbons (Fsp3) is 0.647. The Bertz CT molecular complexity index is 573. The maximum atomic E-state index is 12.4. The van der Waals surface area contributed by atoms with Gasteiger partial charge < -0.3 is 20.3 Å². The normalized spacial score (nSPS) is 16.5. The van der Waals surface area contributed by atoms with Gasteiger partial charge in [0.25, 0.3) is 0 Å². The Morgan fingerprint density at radius 2 is 2.12 bits per heavy atom. The van der Waals surface area contributed by atoms with Crippen LogP contribution in [0.3, 0.4) is 0 Å². The molecule has 0 saturated carbocycles. The van der Waals surface area contributed by atoms with E-state index in [9.17, 15) is 9.59 Å². The van der Waals surface area contributed by atoms with E-state index in [1.54, 1.807) is 12.0 Å². The molecule has 1 saturated heterocycles. The SMILES string of the molecule is COCCCNC(=O)C1CCN(C(=O)NC(C)c2ccc(Cl)s2)CC1. The summed E-state index contributed by atoms with van der Waals surface area (Å²) in [5.41, 5.74) is 0. The van der Waals surface area contributed by atoms with Crippen LogP contribution in [0.5, 0.6) is 0 Å². The van der Waals surface area contributed by atoms with E-state index in [1.165, 1.54) is 11.3 Å². The quantitative estimate of drug-likeness (QED) is 0.706. The van der Waals surface area contributed by atoms with Crippen molar-refractivity contribution in [2.45, 2.75) is 32.2 Å². The van der Waals surface area contributed by atoms with Crippen molar-refractivity contribution in [2.75, 3.05) is 33.4 Å². The van der Waals surface area contributed by atoms with Gasteiger partial charge in [-0.2, -0.15) is 0 Å². The molecular formula is C17H26ClN3O3S. The van der Waals surface area contributed by atoms with Crippen LogP contribution in [0.15, 0.2) is 12.1 Å². The first kappa shape index (κ1) is 20.0. The van der Waals surface area contributed by atoms with Gasteiger partial charge in [-0.05, 0) is 38.3 Å². The van der Waals surface area contributed by atoms with E-state index in [0.717, 1.165) is 11.3 Å². The van der Waals surface area contributed by atoms with Gasteiger partial charge in [-0.1, -0.05) is 11.6 Å². The predicted octanol–water partition coefficient (Wildman–Crippen LogP) is 3.04. The zero-order chi connectivity index (χ0) is 18.2. The summed E-state index contributed by atoms with van der Waals surface area (Å²) in [6.45, 7) is 4.42.